The summed E-state index contributed by atoms with van der Waals surface area (Å²) < 4.78 is 0. The van der Waals surface area contributed by atoms with E-state index in [1.807, 2.05) is 12.2 Å². The first-order chi connectivity index (χ1) is 7.83. The highest BCUT2D eigenvalue weighted by Gasteiger charge is 2.30. The predicted octanol–water partition coefficient (Wildman–Crippen LogP) is 2.83. The molecule has 17 heavy (non-hydrogen) atoms. The van der Waals surface area contributed by atoms with Crippen molar-refractivity contribution in [2.24, 2.45) is 11.8 Å². The van der Waals surface area contributed by atoms with Gasteiger partial charge in [0.15, 0.2) is 0 Å². The molecule has 0 aromatic heterocycles. The first-order valence-corrected chi connectivity index (χ1v) is 6.27. The summed E-state index contributed by atoms with van der Waals surface area (Å²) in [5.41, 5.74) is -0.127. The summed E-state index contributed by atoms with van der Waals surface area (Å²) in [6.45, 7) is 9.87. The highest BCUT2D eigenvalue weighted by molar-refractivity contribution is 5.21. The Hall–Kier alpha value is -0.860. The van der Waals surface area contributed by atoms with Crippen molar-refractivity contribution in [1.29, 1.82) is 0 Å². The Bertz CT molecular complexity index is 324. The smallest absolute Gasteiger partial charge is 0.106 e. The molecule has 0 heterocycles. The Morgan fingerprint density at radius 1 is 1.47 bits per heavy atom. The molecule has 2 N–H and O–H groups in total. The summed E-state index contributed by atoms with van der Waals surface area (Å²) in [4.78, 5) is 0. The van der Waals surface area contributed by atoms with Crippen molar-refractivity contribution in [3.63, 3.8) is 0 Å². The normalized spacial score (nSPS) is 39.1. The number of aliphatic hydroxyl groups excluding tert-OH is 1. The first kappa shape index (κ1) is 14.2. The zero-order valence-electron chi connectivity index (χ0n) is 11.1. The maximum Gasteiger partial charge on any atom is 0.106 e. The van der Waals surface area contributed by atoms with E-state index in [9.17, 15) is 10.2 Å². The highest BCUT2D eigenvalue weighted by Crippen LogP contribution is 2.26. The fourth-order valence-corrected chi connectivity index (χ4v) is 1.96. The van der Waals surface area contributed by atoms with Crippen LogP contribution < -0.4 is 0 Å². The second kappa shape index (κ2) is 5.65. The molecule has 1 aliphatic carbocycles. The summed E-state index contributed by atoms with van der Waals surface area (Å²) in [5.74, 6) is 0.702. The average Bonchev–Trinajstić information content (AvgIpc) is 2.22. The Balaban J connectivity index is 2.94. The molecule has 0 saturated heterocycles. The molecular formula is C15H24O2. The largest absolute Gasteiger partial charge is 0.390 e. The second-order valence-corrected chi connectivity index (χ2v) is 5.51. The van der Waals surface area contributed by atoms with Crippen LogP contribution in [-0.4, -0.2) is 21.9 Å². The summed E-state index contributed by atoms with van der Waals surface area (Å²) in [6, 6.07) is 0. The van der Waals surface area contributed by atoms with Crippen LogP contribution in [0.15, 0.2) is 36.5 Å². The Labute approximate surface area is 104 Å². The van der Waals surface area contributed by atoms with Gasteiger partial charge in [0, 0.05) is 0 Å². The van der Waals surface area contributed by atoms with Gasteiger partial charge in [-0.25, -0.2) is 0 Å². The van der Waals surface area contributed by atoms with Gasteiger partial charge >= 0.3 is 0 Å². The van der Waals surface area contributed by atoms with Gasteiger partial charge in [-0.1, -0.05) is 50.3 Å². The lowest BCUT2D eigenvalue weighted by atomic mass is 9.83. The Morgan fingerprint density at radius 2 is 2.12 bits per heavy atom. The fourth-order valence-electron chi connectivity index (χ4n) is 1.96. The maximum absolute atomic E-state index is 10.2. The molecule has 3 atom stereocenters. The minimum Gasteiger partial charge on any atom is -0.390 e. The first-order valence-electron chi connectivity index (χ1n) is 6.27. The molecule has 0 unspecified atom stereocenters. The van der Waals surface area contributed by atoms with Gasteiger partial charge in [0.05, 0.1) is 6.10 Å². The van der Waals surface area contributed by atoms with E-state index in [2.05, 4.69) is 26.5 Å². The molecule has 96 valence electrons. The summed E-state index contributed by atoms with van der Waals surface area (Å²) in [7, 11) is 0. The lowest BCUT2D eigenvalue weighted by Gasteiger charge is -2.30. The molecule has 0 spiro atoms. The van der Waals surface area contributed by atoms with Gasteiger partial charge in [0.2, 0.25) is 0 Å². The van der Waals surface area contributed by atoms with E-state index in [0.29, 0.717) is 18.8 Å². The SMILES string of the molecule is C=C1/C=C/[C@H](C(C)C)C[C@@H](O)[C@@](C)(O)/C=C\C1. The molecule has 2 heteroatoms. The van der Waals surface area contributed by atoms with Crippen LogP contribution in [0.25, 0.3) is 0 Å². The minimum atomic E-state index is -1.15. The standard InChI is InChI=1S/C15H24O2/c1-11(2)13-8-7-12(3)6-5-9-15(4,17)14(16)10-13/h5,7-9,11,13-14,16-17H,3,6,10H2,1-2,4H3/b8-7+,9-5-/t13-,14+,15-/m0/s1. The third-order valence-corrected chi connectivity index (χ3v) is 3.44. The Morgan fingerprint density at radius 3 is 2.71 bits per heavy atom. The third-order valence-electron chi connectivity index (χ3n) is 3.44. The van der Waals surface area contributed by atoms with E-state index >= 15 is 0 Å². The van der Waals surface area contributed by atoms with E-state index in [4.69, 9.17) is 0 Å². The highest BCUT2D eigenvalue weighted by atomic mass is 16.3. The van der Waals surface area contributed by atoms with Gasteiger partial charge in [0.1, 0.15) is 5.60 Å². The second-order valence-electron chi connectivity index (χ2n) is 5.51. The molecular weight excluding hydrogens is 212 g/mol. The molecule has 0 radical (unpaired) electrons. The summed E-state index contributed by atoms with van der Waals surface area (Å²) in [6.07, 6.45) is 8.23. The van der Waals surface area contributed by atoms with Crippen LogP contribution in [0.3, 0.4) is 0 Å². The maximum atomic E-state index is 10.2. The van der Waals surface area contributed by atoms with Gasteiger partial charge in [0.25, 0.3) is 0 Å². The van der Waals surface area contributed by atoms with Crippen LogP contribution in [0.1, 0.15) is 33.6 Å². The predicted molar refractivity (Wildman–Crippen MR) is 71.6 cm³/mol. The zero-order chi connectivity index (χ0) is 13.1. The van der Waals surface area contributed by atoms with Crippen molar-refractivity contribution < 1.29 is 10.2 Å². The molecule has 0 fully saturated rings. The van der Waals surface area contributed by atoms with Crippen molar-refractivity contribution in [3.8, 4) is 0 Å². The number of allylic oxidation sites excluding steroid dienone is 4. The molecule has 0 bridgehead atoms. The molecule has 0 aromatic rings. The minimum absolute atomic E-state index is 0.264. The van der Waals surface area contributed by atoms with Crippen LogP contribution >= 0.6 is 0 Å². The van der Waals surface area contributed by atoms with Gasteiger partial charge < -0.3 is 10.2 Å². The molecule has 1 aliphatic rings. The van der Waals surface area contributed by atoms with Crippen molar-refractivity contribution in [2.45, 2.75) is 45.3 Å². The summed E-state index contributed by atoms with van der Waals surface area (Å²) in [5, 5.41) is 20.2. The third kappa shape index (κ3) is 4.14. The van der Waals surface area contributed by atoms with Crippen LogP contribution in [0, 0.1) is 11.8 Å². The van der Waals surface area contributed by atoms with E-state index in [-0.39, 0.29) is 5.92 Å². The van der Waals surface area contributed by atoms with Gasteiger partial charge in [-0.2, -0.15) is 0 Å². The van der Waals surface area contributed by atoms with Crippen LogP contribution in [0.2, 0.25) is 0 Å². The van der Waals surface area contributed by atoms with Crippen molar-refractivity contribution in [2.75, 3.05) is 0 Å². The zero-order valence-corrected chi connectivity index (χ0v) is 11.1. The molecule has 0 aromatic carbocycles. The fraction of sp³-hybridized carbons (Fsp3) is 0.600. The van der Waals surface area contributed by atoms with Crippen LogP contribution in [-0.2, 0) is 0 Å². The molecule has 0 saturated carbocycles. The van der Waals surface area contributed by atoms with Crippen LogP contribution in [0.4, 0.5) is 0 Å². The lowest BCUT2D eigenvalue weighted by Crippen LogP contribution is -2.39. The molecule has 1 rings (SSSR count). The van der Waals surface area contributed by atoms with Gasteiger partial charge in [-0.3, -0.25) is 0 Å². The molecule has 2 nitrogen and oxygen atoms in total. The molecule has 0 amide bonds. The van der Waals surface area contributed by atoms with Gasteiger partial charge in [-0.15, -0.1) is 0 Å². The van der Waals surface area contributed by atoms with Gasteiger partial charge in [-0.05, 0) is 31.6 Å². The van der Waals surface area contributed by atoms with Crippen LogP contribution in [0.5, 0.6) is 0 Å². The van der Waals surface area contributed by atoms with E-state index in [1.54, 1.807) is 13.0 Å². The Kier molecular flexibility index (Phi) is 4.72. The van der Waals surface area contributed by atoms with E-state index in [1.165, 1.54) is 0 Å². The monoisotopic (exact) mass is 236 g/mol. The van der Waals surface area contributed by atoms with E-state index in [0.717, 1.165) is 5.57 Å². The quantitative estimate of drug-likeness (QED) is 0.687. The number of hydrogen-bond acceptors (Lipinski definition) is 2. The number of rotatable bonds is 1. The lowest BCUT2D eigenvalue weighted by molar-refractivity contribution is -0.0376. The topological polar surface area (TPSA) is 40.5 Å². The number of aliphatic hydroxyl groups is 2. The van der Waals surface area contributed by atoms with Crippen molar-refractivity contribution >= 4 is 0 Å². The van der Waals surface area contributed by atoms with Crippen molar-refractivity contribution in [1.82, 2.24) is 0 Å². The molecule has 0 aliphatic heterocycles. The van der Waals surface area contributed by atoms with E-state index < -0.39 is 11.7 Å². The van der Waals surface area contributed by atoms with Crippen molar-refractivity contribution in [3.05, 3.63) is 36.5 Å². The summed E-state index contributed by atoms with van der Waals surface area (Å²) >= 11 is 0. The number of hydrogen-bond donors (Lipinski definition) is 2. The average molecular weight is 236 g/mol.